The lowest BCUT2D eigenvalue weighted by Crippen LogP contribution is -2.76. The molecule has 0 saturated carbocycles. The minimum absolute atomic E-state index is 0.634. The van der Waals surface area contributed by atoms with Gasteiger partial charge >= 0.3 is 0 Å². The van der Waals surface area contributed by atoms with Crippen molar-refractivity contribution in [1.29, 1.82) is 0 Å². The second-order valence-corrected chi connectivity index (χ2v) is 11.0. The summed E-state index contributed by atoms with van der Waals surface area (Å²) in [5.41, 5.74) is 1.04. The van der Waals surface area contributed by atoms with E-state index in [4.69, 9.17) is 0 Å². The Labute approximate surface area is 189 Å². The molecular formula is C27H22N4Si. The number of benzene rings is 4. The molecule has 0 aliphatic heterocycles. The van der Waals surface area contributed by atoms with Gasteiger partial charge in [-0.2, -0.15) is 0 Å². The maximum Gasteiger partial charge on any atom is 0.260 e. The van der Waals surface area contributed by atoms with Gasteiger partial charge in [0, 0.05) is 5.69 Å². The Bertz CT molecular complexity index is 1120. The predicted octanol–water partition coefficient (Wildman–Crippen LogP) is 3.68. The summed E-state index contributed by atoms with van der Waals surface area (Å²) in [6.07, 6.45) is 3.14. The normalized spacial score (nSPS) is 11.1. The highest BCUT2D eigenvalue weighted by molar-refractivity contribution is 7.14. The number of para-hydroxylation sites is 1. The molecule has 0 aliphatic carbocycles. The van der Waals surface area contributed by atoms with Gasteiger partial charge in [-0.05, 0) is 27.7 Å². The summed E-state index contributed by atoms with van der Waals surface area (Å²) in [6, 6.07) is 42.6. The summed E-state index contributed by atoms with van der Waals surface area (Å²) in [5, 5.41) is 3.75. The third-order valence-corrected chi connectivity index (χ3v) is 10.2. The van der Waals surface area contributed by atoms with E-state index in [0.717, 1.165) is 5.69 Å². The second-order valence-electron chi connectivity index (χ2n) is 7.42. The van der Waals surface area contributed by atoms with Crippen LogP contribution in [0, 0.1) is 0 Å². The van der Waals surface area contributed by atoms with Crippen molar-refractivity contribution in [3.05, 3.63) is 134 Å². The van der Waals surface area contributed by atoms with Crippen molar-refractivity contribution >= 4 is 35.4 Å². The first kappa shape index (κ1) is 19.8. The van der Waals surface area contributed by atoms with E-state index in [1.165, 1.54) is 15.6 Å². The van der Waals surface area contributed by atoms with Crippen molar-refractivity contribution in [3.8, 4) is 0 Å². The highest BCUT2D eigenvalue weighted by Gasteiger charge is 2.48. The lowest BCUT2D eigenvalue weighted by molar-refractivity contribution is 1.02. The number of hydrogen-bond acceptors (Lipinski definition) is 4. The maximum absolute atomic E-state index is 4.64. The predicted molar refractivity (Wildman–Crippen MR) is 132 cm³/mol. The molecule has 5 heteroatoms. The van der Waals surface area contributed by atoms with Gasteiger partial charge in [0.1, 0.15) is 12.7 Å². The summed E-state index contributed by atoms with van der Waals surface area (Å²) in [4.78, 5) is 13.4. The molecule has 0 bridgehead atoms. The lowest BCUT2D eigenvalue weighted by atomic mass is 10.3. The van der Waals surface area contributed by atoms with Gasteiger partial charge in [0.2, 0.25) is 5.95 Å². The van der Waals surface area contributed by atoms with Crippen LogP contribution in [0.1, 0.15) is 0 Å². The van der Waals surface area contributed by atoms with Crippen LogP contribution in [0.4, 0.5) is 11.6 Å². The van der Waals surface area contributed by atoms with Crippen LogP contribution >= 0.6 is 0 Å². The molecule has 5 aromatic rings. The molecule has 0 radical (unpaired) electrons. The molecule has 32 heavy (non-hydrogen) atoms. The highest BCUT2D eigenvalue weighted by Crippen LogP contribution is 2.28. The first-order valence-corrected chi connectivity index (χ1v) is 12.5. The summed E-state index contributed by atoms with van der Waals surface area (Å²) in [7, 11) is -2.85. The molecule has 0 aliphatic rings. The monoisotopic (exact) mass is 430 g/mol. The zero-order chi connectivity index (χ0) is 21.6. The van der Waals surface area contributed by atoms with Crippen LogP contribution in [0.15, 0.2) is 134 Å². The largest absolute Gasteiger partial charge is 0.325 e. The third kappa shape index (κ3) is 3.49. The molecule has 154 valence electrons. The molecule has 0 atom stereocenters. The van der Waals surface area contributed by atoms with Crippen molar-refractivity contribution < 1.29 is 0 Å². The molecule has 0 amide bonds. The summed E-state index contributed by atoms with van der Waals surface area (Å²) < 4.78 is 2.34. The van der Waals surface area contributed by atoms with Crippen molar-refractivity contribution in [2.24, 2.45) is 0 Å². The van der Waals surface area contributed by atoms with E-state index in [0.29, 0.717) is 5.95 Å². The smallest absolute Gasteiger partial charge is 0.260 e. The van der Waals surface area contributed by atoms with Crippen LogP contribution in [0.5, 0.6) is 0 Å². The van der Waals surface area contributed by atoms with E-state index in [1.807, 2.05) is 6.07 Å². The van der Waals surface area contributed by atoms with Gasteiger partial charge in [0.15, 0.2) is 0 Å². The van der Waals surface area contributed by atoms with Crippen LogP contribution in [-0.4, -0.2) is 23.2 Å². The SMILES string of the molecule is c1ccc(N(c2ncncn2)[Si](c2ccccc2)(c2ccccc2)c2ccccc2)cc1. The molecular weight excluding hydrogens is 408 g/mol. The van der Waals surface area contributed by atoms with Crippen molar-refractivity contribution in [1.82, 2.24) is 15.0 Å². The maximum atomic E-state index is 4.64. The van der Waals surface area contributed by atoms with E-state index >= 15 is 0 Å². The van der Waals surface area contributed by atoms with Gasteiger partial charge in [0.05, 0.1) is 0 Å². The quantitative estimate of drug-likeness (QED) is 0.304. The zero-order valence-electron chi connectivity index (χ0n) is 17.5. The minimum Gasteiger partial charge on any atom is -0.325 e. The molecule has 0 spiro atoms. The van der Waals surface area contributed by atoms with E-state index < -0.39 is 8.24 Å². The second kappa shape index (κ2) is 8.96. The summed E-state index contributed by atoms with van der Waals surface area (Å²) in [5.74, 6) is 0.634. The third-order valence-electron chi connectivity index (χ3n) is 5.60. The van der Waals surface area contributed by atoms with Gasteiger partial charge in [-0.1, -0.05) is 109 Å². The lowest BCUT2D eigenvalue weighted by Gasteiger charge is -2.43. The van der Waals surface area contributed by atoms with E-state index in [2.05, 4.69) is 135 Å². The Morgan fingerprint density at radius 3 is 1.25 bits per heavy atom. The van der Waals surface area contributed by atoms with Crippen molar-refractivity contribution in [2.75, 3.05) is 4.57 Å². The van der Waals surface area contributed by atoms with Crippen molar-refractivity contribution in [2.45, 2.75) is 0 Å². The number of aromatic nitrogens is 3. The summed E-state index contributed by atoms with van der Waals surface area (Å²) in [6.45, 7) is 0. The Morgan fingerprint density at radius 2 is 0.844 bits per heavy atom. The van der Waals surface area contributed by atoms with E-state index in [9.17, 15) is 0 Å². The van der Waals surface area contributed by atoms with E-state index in [1.54, 1.807) is 12.7 Å². The Balaban J connectivity index is 1.94. The average molecular weight is 431 g/mol. The molecule has 4 aromatic carbocycles. The Hall–Kier alpha value is -4.09. The fourth-order valence-electron chi connectivity index (χ4n) is 4.31. The van der Waals surface area contributed by atoms with Crippen LogP contribution in [-0.2, 0) is 0 Å². The van der Waals surface area contributed by atoms with Gasteiger partial charge in [0.25, 0.3) is 8.24 Å². The van der Waals surface area contributed by atoms with Gasteiger partial charge < -0.3 is 4.57 Å². The van der Waals surface area contributed by atoms with Gasteiger partial charge in [-0.25, -0.2) is 15.0 Å². The van der Waals surface area contributed by atoms with Gasteiger partial charge in [-0.3, -0.25) is 0 Å². The molecule has 0 unspecified atom stereocenters. The Morgan fingerprint density at radius 1 is 0.469 bits per heavy atom. The highest BCUT2D eigenvalue weighted by atomic mass is 28.3. The molecule has 0 saturated heterocycles. The molecule has 1 heterocycles. The topological polar surface area (TPSA) is 41.9 Å². The zero-order valence-corrected chi connectivity index (χ0v) is 18.5. The van der Waals surface area contributed by atoms with Gasteiger partial charge in [-0.15, -0.1) is 0 Å². The van der Waals surface area contributed by atoms with E-state index in [-0.39, 0.29) is 0 Å². The molecule has 4 nitrogen and oxygen atoms in total. The summed E-state index contributed by atoms with van der Waals surface area (Å²) >= 11 is 0. The van der Waals surface area contributed by atoms with Crippen LogP contribution in [0.25, 0.3) is 0 Å². The fraction of sp³-hybridized carbons (Fsp3) is 0. The molecule has 1 aromatic heterocycles. The van der Waals surface area contributed by atoms with Crippen molar-refractivity contribution in [3.63, 3.8) is 0 Å². The number of hydrogen-bond donors (Lipinski definition) is 0. The Kier molecular flexibility index (Phi) is 5.55. The van der Waals surface area contributed by atoms with Crippen LogP contribution in [0.2, 0.25) is 0 Å². The average Bonchev–Trinajstić information content (AvgIpc) is 2.90. The van der Waals surface area contributed by atoms with Crippen LogP contribution < -0.4 is 20.1 Å². The first-order chi connectivity index (χ1) is 15.9. The first-order valence-electron chi connectivity index (χ1n) is 10.5. The minimum atomic E-state index is -2.85. The van der Waals surface area contributed by atoms with Crippen LogP contribution in [0.3, 0.4) is 0 Å². The number of rotatable bonds is 6. The molecule has 0 fully saturated rings. The fourth-order valence-corrected chi connectivity index (χ4v) is 9.06. The molecule has 0 N–H and O–H groups in total. The molecule has 5 rings (SSSR count). The number of nitrogens with zero attached hydrogens (tertiary/aromatic N) is 4. The number of anilines is 2. The standard InChI is InChI=1S/C27H22N4Si/c1-5-13-23(14-6-1)31(27-29-21-28-22-30-27)32(24-15-7-2-8-16-24,25-17-9-3-10-18-25)26-19-11-4-12-20-26/h1-22H.